The lowest BCUT2D eigenvalue weighted by atomic mass is 9.98. The number of halogens is 1. The summed E-state index contributed by atoms with van der Waals surface area (Å²) in [6, 6.07) is 6.48. The first-order valence-electron chi connectivity index (χ1n) is 6.99. The Bertz CT molecular complexity index is 589. The lowest BCUT2D eigenvalue weighted by Crippen LogP contribution is -2.19. The van der Waals surface area contributed by atoms with Crippen LogP contribution in [0.3, 0.4) is 0 Å². The number of nitrogens with one attached hydrogen (secondary N) is 1. The van der Waals surface area contributed by atoms with Crippen LogP contribution in [0.4, 0.5) is 0 Å². The highest BCUT2D eigenvalue weighted by molar-refractivity contribution is 6.31. The Hall–Kier alpha value is -1.32. The summed E-state index contributed by atoms with van der Waals surface area (Å²) in [5, 5.41) is 8.74. The summed E-state index contributed by atoms with van der Waals surface area (Å²) in [5.74, 6) is 0. The summed E-state index contributed by atoms with van der Waals surface area (Å²) in [7, 11) is 3.95. The molecule has 0 saturated carbocycles. The van der Waals surface area contributed by atoms with Crippen molar-refractivity contribution in [2.24, 2.45) is 7.05 Å². The fourth-order valence-electron chi connectivity index (χ4n) is 2.52. The molecular weight excluding hydrogens is 270 g/mol. The first-order chi connectivity index (χ1) is 9.55. The van der Waals surface area contributed by atoms with E-state index in [1.165, 1.54) is 16.7 Å². The third-order valence-corrected chi connectivity index (χ3v) is 3.98. The van der Waals surface area contributed by atoms with Gasteiger partial charge in [0.05, 0.1) is 5.69 Å². The monoisotopic (exact) mass is 291 g/mol. The first-order valence-corrected chi connectivity index (χ1v) is 7.37. The van der Waals surface area contributed by atoms with Crippen molar-refractivity contribution in [2.45, 2.75) is 32.7 Å². The average Bonchev–Trinajstić information content (AvgIpc) is 2.79. The van der Waals surface area contributed by atoms with E-state index in [2.05, 4.69) is 42.6 Å². The van der Waals surface area contributed by atoms with Crippen molar-refractivity contribution in [3.63, 3.8) is 0 Å². The van der Waals surface area contributed by atoms with E-state index < -0.39 is 0 Å². The van der Waals surface area contributed by atoms with Crippen LogP contribution in [0.2, 0.25) is 5.02 Å². The zero-order valence-corrected chi connectivity index (χ0v) is 13.3. The molecule has 1 N–H and O–H groups in total. The van der Waals surface area contributed by atoms with Gasteiger partial charge in [0, 0.05) is 29.9 Å². The maximum Gasteiger partial charge on any atom is 0.0669 e. The fourth-order valence-corrected chi connectivity index (χ4v) is 2.84. The second-order valence-electron chi connectivity index (χ2n) is 5.20. The zero-order valence-electron chi connectivity index (χ0n) is 12.6. The molecule has 1 aromatic carbocycles. The molecule has 0 aliphatic heterocycles. The van der Waals surface area contributed by atoms with E-state index in [4.69, 9.17) is 11.6 Å². The molecule has 1 atom stereocenters. The van der Waals surface area contributed by atoms with Crippen molar-refractivity contribution in [2.75, 3.05) is 7.05 Å². The highest BCUT2D eigenvalue weighted by Gasteiger charge is 2.17. The number of aryl methyl sites for hydroxylation is 3. The molecule has 2 aromatic rings. The van der Waals surface area contributed by atoms with Crippen LogP contribution in [0.5, 0.6) is 0 Å². The quantitative estimate of drug-likeness (QED) is 0.914. The molecule has 0 aliphatic rings. The summed E-state index contributed by atoms with van der Waals surface area (Å²) in [5.41, 5.74) is 4.77. The second kappa shape index (κ2) is 6.42. The van der Waals surface area contributed by atoms with Crippen molar-refractivity contribution in [1.29, 1.82) is 0 Å². The lowest BCUT2D eigenvalue weighted by Gasteiger charge is -2.17. The van der Waals surface area contributed by atoms with Crippen LogP contribution in [0.1, 0.15) is 35.3 Å². The van der Waals surface area contributed by atoms with E-state index in [1.54, 1.807) is 0 Å². The predicted octanol–water partition coefficient (Wildman–Crippen LogP) is 3.45. The van der Waals surface area contributed by atoms with Crippen molar-refractivity contribution in [1.82, 2.24) is 15.1 Å². The van der Waals surface area contributed by atoms with Gasteiger partial charge in [0.25, 0.3) is 0 Å². The standard InChI is InChI=1S/C16H22ClN3/c1-5-15-13(10-20(4)19-15)16(18-3)9-12-7-6-11(2)8-14(12)17/h6-8,10,16,18H,5,9H2,1-4H3. The van der Waals surface area contributed by atoms with Gasteiger partial charge < -0.3 is 5.32 Å². The van der Waals surface area contributed by atoms with E-state index in [1.807, 2.05) is 24.8 Å². The molecular formula is C16H22ClN3. The van der Waals surface area contributed by atoms with Crippen molar-refractivity contribution in [3.05, 3.63) is 51.8 Å². The number of benzene rings is 1. The average molecular weight is 292 g/mol. The summed E-state index contributed by atoms with van der Waals surface area (Å²) in [6.45, 7) is 4.19. The van der Waals surface area contributed by atoms with Gasteiger partial charge in [0.2, 0.25) is 0 Å². The SMILES string of the molecule is CCc1nn(C)cc1C(Cc1ccc(C)cc1Cl)NC. The molecule has 20 heavy (non-hydrogen) atoms. The highest BCUT2D eigenvalue weighted by atomic mass is 35.5. The maximum atomic E-state index is 6.35. The molecule has 1 heterocycles. The highest BCUT2D eigenvalue weighted by Crippen LogP contribution is 2.26. The largest absolute Gasteiger partial charge is 0.313 e. The third-order valence-electron chi connectivity index (χ3n) is 3.63. The molecule has 0 radical (unpaired) electrons. The maximum absolute atomic E-state index is 6.35. The van der Waals surface area contributed by atoms with Crippen LogP contribution in [-0.4, -0.2) is 16.8 Å². The number of hydrogen-bond donors (Lipinski definition) is 1. The van der Waals surface area contributed by atoms with E-state index in [0.29, 0.717) is 0 Å². The van der Waals surface area contributed by atoms with Crippen LogP contribution in [0.25, 0.3) is 0 Å². The molecule has 0 fully saturated rings. The zero-order chi connectivity index (χ0) is 14.7. The third kappa shape index (κ3) is 3.22. The van der Waals surface area contributed by atoms with Crippen molar-refractivity contribution < 1.29 is 0 Å². The van der Waals surface area contributed by atoms with Gasteiger partial charge in [-0.05, 0) is 44.0 Å². The van der Waals surface area contributed by atoms with E-state index in [0.717, 1.165) is 23.6 Å². The van der Waals surface area contributed by atoms with Crippen LogP contribution < -0.4 is 5.32 Å². The molecule has 0 spiro atoms. The smallest absolute Gasteiger partial charge is 0.0669 e. The Labute approximate surface area is 126 Å². The number of rotatable bonds is 5. The Morgan fingerprint density at radius 2 is 2.15 bits per heavy atom. The molecule has 4 heteroatoms. The topological polar surface area (TPSA) is 29.9 Å². The second-order valence-corrected chi connectivity index (χ2v) is 5.61. The fraction of sp³-hybridized carbons (Fsp3) is 0.438. The lowest BCUT2D eigenvalue weighted by molar-refractivity contribution is 0.586. The Morgan fingerprint density at radius 3 is 2.75 bits per heavy atom. The van der Waals surface area contributed by atoms with Crippen LogP contribution >= 0.6 is 11.6 Å². The molecule has 3 nitrogen and oxygen atoms in total. The van der Waals surface area contributed by atoms with Gasteiger partial charge in [-0.25, -0.2) is 0 Å². The molecule has 1 aromatic heterocycles. The molecule has 1 unspecified atom stereocenters. The van der Waals surface area contributed by atoms with Gasteiger partial charge in [-0.3, -0.25) is 4.68 Å². The van der Waals surface area contributed by atoms with Gasteiger partial charge in [0.15, 0.2) is 0 Å². The Kier molecular flexibility index (Phi) is 4.84. The van der Waals surface area contributed by atoms with Crippen LogP contribution in [0, 0.1) is 6.92 Å². The van der Waals surface area contributed by atoms with Gasteiger partial charge >= 0.3 is 0 Å². The van der Waals surface area contributed by atoms with Gasteiger partial charge in [-0.1, -0.05) is 30.7 Å². The molecule has 2 rings (SSSR count). The molecule has 0 saturated heterocycles. The summed E-state index contributed by atoms with van der Waals surface area (Å²) in [4.78, 5) is 0. The summed E-state index contributed by atoms with van der Waals surface area (Å²) >= 11 is 6.35. The van der Waals surface area contributed by atoms with Crippen LogP contribution in [-0.2, 0) is 19.9 Å². The predicted molar refractivity (Wildman–Crippen MR) is 84.3 cm³/mol. The van der Waals surface area contributed by atoms with Crippen molar-refractivity contribution >= 4 is 11.6 Å². The minimum absolute atomic E-state index is 0.235. The molecule has 108 valence electrons. The molecule has 0 bridgehead atoms. The first kappa shape index (κ1) is 15.1. The molecule has 0 aliphatic carbocycles. The van der Waals surface area contributed by atoms with Crippen molar-refractivity contribution in [3.8, 4) is 0 Å². The summed E-state index contributed by atoms with van der Waals surface area (Å²) < 4.78 is 1.88. The van der Waals surface area contributed by atoms with Crippen LogP contribution in [0.15, 0.2) is 24.4 Å². The van der Waals surface area contributed by atoms with E-state index in [-0.39, 0.29) is 6.04 Å². The Balaban J connectivity index is 2.28. The van der Waals surface area contributed by atoms with Gasteiger partial charge in [-0.15, -0.1) is 0 Å². The number of hydrogen-bond acceptors (Lipinski definition) is 2. The minimum atomic E-state index is 0.235. The number of nitrogens with zero attached hydrogens (tertiary/aromatic N) is 2. The normalized spacial score (nSPS) is 12.7. The molecule has 0 amide bonds. The number of likely N-dealkylation sites (N-methyl/N-ethyl adjacent to an activating group) is 1. The van der Waals surface area contributed by atoms with Gasteiger partial charge in [0.1, 0.15) is 0 Å². The minimum Gasteiger partial charge on any atom is -0.313 e. The Morgan fingerprint density at radius 1 is 1.40 bits per heavy atom. The summed E-state index contributed by atoms with van der Waals surface area (Å²) in [6.07, 6.45) is 3.91. The van der Waals surface area contributed by atoms with E-state index in [9.17, 15) is 0 Å². The number of aromatic nitrogens is 2. The van der Waals surface area contributed by atoms with E-state index >= 15 is 0 Å². The van der Waals surface area contributed by atoms with Gasteiger partial charge in [-0.2, -0.15) is 5.10 Å².